The Morgan fingerprint density at radius 1 is 1.12 bits per heavy atom. The highest BCUT2D eigenvalue weighted by Crippen LogP contribution is 2.35. The van der Waals surface area contributed by atoms with E-state index in [1.165, 1.54) is 11.1 Å². The average Bonchev–Trinajstić information content (AvgIpc) is 3.39. The molecule has 2 aliphatic rings. The fourth-order valence-corrected chi connectivity index (χ4v) is 4.00. The van der Waals surface area contributed by atoms with Crippen molar-refractivity contribution in [1.82, 2.24) is 9.88 Å². The molecular formula is C24H22N2O7. The Kier molecular flexibility index (Phi) is 5.29. The topological polar surface area (TPSA) is 99.3 Å². The van der Waals surface area contributed by atoms with Crippen LogP contribution < -0.4 is 14.2 Å². The zero-order chi connectivity index (χ0) is 22.9. The highest BCUT2D eigenvalue weighted by molar-refractivity contribution is 5.97. The van der Waals surface area contributed by atoms with Crippen LogP contribution in [0, 0.1) is 0 Å². The quantitative estimate of drug-likeness (QED) is 0.598. The molecule has 0 atom stereocenters. The van der Waals surface area contributed by atoms with Gasteiger partial charge in [0.1, 0.15) is 5.75 Å². The third-order valence-corrected chi connectivity index (χ3v) is 5.57. The number of hydrogen-bond acceptors (Lipinski definition) is 7. The van der Waals surface area contributed by atoms with Crippen LogP contribution in [0.4, 0.5) is 4.79 Å². The van der Waals surface area contributed by atoms with Crippen molar-refractivity contribution < 1.29 is 33.3 Å². The fourth-order valence-electron chi connectivity index (χ4n) is 4.00. The van der Waals surface area contributed by atoms with Gasteiger partial charge in [-0.05, 0) is 49.2 Å². The number of carbonyl (C=O) groups is 2. The molecule has 1 amide bonds. The van der Waals surface area contributed by atoms with Crippen molar-refractivity contribution >= 4 is 28.7 Å². The molecule has 0 fully saturated rings. The molecule has 2 aliphatic heterocycles. The molecule has 0 unspecified atom stereocenters. The first kappa shape index (κ1) is 20.7. The molecule has 1 N–H and O–H groups in total. The Bertz CT molecular complexity index is 1280. The van der Waals surface area contributed by atoms with Crippen LogP contribution >= 0.6 is 0 Å². The second-order valence-electron chi connectivity index (χ2n) is 7.49. The predicted molar refractivity (Wildman–Crippen MR) is 118 cm³/mol. The van der Waals surface area contributed by atoms with E-state index in [1.807, 2.05) is 18.2 Å². The van der Waals surface area contributed by atoms with Crippen LogP contribution in [0.3, 0.4) is 0 Å². The average molecular weight is 450 g/mol. The number of benzene rings is 2. The summed E-state index contributed by atoms with van der Waals surface area (Å²) in [7, 11) is 1.60. The first-order valence-corrected chi connectivity index (χ1v) is 10.5. The number of methoxy groups -OCH3 is 1. The van der Waals surface area contributed by atoms with Crippen LogP contribution in [-0.4, -0.2) is 49.0 Å². The van der Waals surface area contributed by atoms with Gasteiger partial charge in [0, 0.05) is 29.1 Å². The minimum atomic E-state index is -0.844. The lowest BCUT2D eigenvalue weighted by Gasteiger charge is -2.18. The van der Waals surface area contributed by atoms with Crippen LogP contribution in [0.1, 0.15) is 28.5 Å². The van der Waals surface area contributed by atoms with Crippen molar-refractivity contribution in [2.75, 3.05) is 27.1 Å². The lowest BCUT2D eigenvalue weighted by Crippen LogP contribution is -2.27. The van der Waals surface area contributed by atoms with Gasteiger partial charge < -0.3 is 33.6 Å². The van der Waals surface area contributed by atoms with Gasteiger partial charge >= 0.3 is 6.16 Å². The second-order valence-corrected chi connectivity index (χ2v) is 7.49. The second kappa shape index (κ2) is 8.42. The Balaban J connectivity index is 1.53. The molecule has 9 nitrogen and oxygen atoms in total. The van der Waals surface area contributed by atoms with E-state index in [2.05, 4.69) is 4.98 Å². The minimum Gasteiger partial charge on any atom is -0.497 e. The predicted octanol–water partition coefficient (Wildman–Crippen LogP) is 4.08. The molecule has 0 bridgehead atoms. The summed E-state index contributed by atoms with van der Waals surface area (Å²) >= 11 is 0. The highest BCUT2D eigenvalue weighted by atomic mass is 16.7. The highest BCUT2D eigenvalue weighted by Gasteiger charge is 2.27. The Hall–Kier alpha value is -4.14. The van der Waals surface area contributed by atoms with Gasteiger partial charge in [0.2, 0.25) is 6.79 Å². The van der Waals surface area contributed by atoms with Crippen molar-refractivity contribution in [3.63, 3.8) is 0 Å². The van der Waals surface area contributed by atoms with Crippen molar-refractivity contribution in [3.8, 4) is 17.2 Å². The van der Waals surface area contributed by atoms with Crippen molar-refractivity contribution in [2.45, 2.75) is 13.3 Å². The number of aromatic nitrogens is 1. The first-order chi connectivity index (χ1) is 16.1. The van der Waals surface area contributed by atoms with E-state index in [-0.39, 0.29) is 25.1 Å². The van der Waals surface area contributed by atoms with Crippen molar-refractivity contribution in [2.24, 2.45) is 0 Å². The van der Waals surface area contributed by atoms with Gasteiger partial charge in [-0.15, -0.1) is 0 Å². The summed E-state index contributed by atoms with van der Waals surface area (Å²) in [5, 5.41) is 0.960. The van der Waals surface area contributed by atoms with E-state index in [0.717, 1.165) is 16.5 Å². The maximum atomic E-state index is 13.3. The molecule has 0 radical (unpaired) electrons. The number of nitrogens with one attached hydrogen (secondary N) is 1. The Morgan fingerprint density at radius 2 is 1.97 bits per heavy atom. The zero-order valence-electron chi connectivity index (χ0n) is 18.2. The van der Waals surface area contributed by atoms with Gasteiger partial charge in [0.05, 0.1) is 25.6 Å². The molecule has 0 aliphatic carbocycles. The summed E-state index contributed by atoms with van der Waals surface area (Å²) in [6.45, 7) is 2.37. The van der Waals surface area contributed by atoms with E-state index in [9.17, 15) is 9.59 Å². The third-order valence-electron chi connectivity index (χ3n) is 5.57. The Morgan fingerprint density at radius 3 is 2.79 bits per heavy atom. The first-order valence-electron chi connectivity index (χ1n) is 10.5. The molecule has 0 saturated carbocycles. The number of rotatable bonds is 4. The molecule has 0 spiro atoms. The van der Waals surface area contributed by atoms with Crippen molar-refractivity contribution in [3.05, 3.63) is 59.4 Å². The molecule has 9 heteroatoms. The number of hydrogen-bond donors (Lipinski definition) is 1. The van der Waals surface area contributed by atoms with E-state index in [1.54, 1.807) is 32.2 Å². The van der Waals surface area contributed by atoms with Crippen LogP contribution in [0.25, 0.3) is 16.7 Å². The number of H-pyrrole nitrogens is 1. The third kappa shape index (κ3) is 3.82. The van der Waals surface area contributed by atoms with Crippen LogP contribution in [0.15, 0.2) is 42.6 Å². The number of carbonyl (C=O) groups excluding carboxylic acids is 2. The standard InChI is InChI=1S/C24H22N2O7/c1-3-30-24(28)33-21-12-26(23(27)14-4-7-19-20(10-14)32-13-31-19)9-8-17-16-6-5-15(29-2)11-18(16)25-22(17)21/h4-7,10-12,25H,3,8-9,13H2,1-2H3. The fraction of sp³-hybridized carbons (Fsp3) is 0.250. The number of nitrogens with zero attached hydrogens (tertiary/aromatic N) is 1. The lowest BCUT2D eigenvalue weighted by molar-refractivity contribution is 0.0808. The van der Waals surface area contributed by atoms with Crippen LogP contribution in [0.2, 0.25) is 0 Å². The smallest absolute Gasteiger partial charge is 0.497 e. The monoisotopic (exact) mass is 450 g/mol. The number of ether oxygens (including phenoxy) is 5. The normalized spacial score (nSPS) is 14.4. The lowest BCUT2D eigenvalue weighted by atomic mass is 10.1. The summed E-state index contributed by atoms with van der Waals surface area (Å²) < 4.78 is 26.5. The molecule has 0 saturated heterocycles. The Labute approximate surface area is 189 Å². The van der Waals surface area contributed by atoms with E-state index >= 15 is 0 Å². The molecule has 33 heavy (non-hydrogen) atoms. The van der Waals surface area contributed by atoms with Gasteiger partial charge in [-0.2, -0.15) is 0 Å². The molecule has 5 rings (SSSR count). The maximum Gasteiger partial charge on any atom is 0.513 e. The number of amides is 1. The molecule has 1 aromatic heterocycles. The van der Waals surface area contributed by atoms with Gasteiger partial charge in [0.15, 0.2) is 17.3 Å². The molecular weight excluding hydrogens is 428 g/mol. The minimum absolute atomic E-state index is 0.126. The molecule has 2 aromatic carbocycles. The summed E-state index contributed by atoms with van der Waals surface area (Å²) in [6, 6.07) is 10.7. The van der Waals surface area contributed by atoms with E-state index in [4.69, 9.17) is 23.7 Å². The van der Waals surface area contributed by atoms with Crippen molar-refractivity contribution in [1.29, 1.82) is 0 Å². The summed E-state index contributed by atoms with van der Waals surface area (Å²) in [5.41, 5.74) is 2.83. The van der Waals surface area contributed by atoms with E-state index in [0.29, 0.717) is 41.5 Å². The van der Waals surface area contributed by atoms with Gasteiger partial charge in [-0.1, -0.05) is 0 Å². The maximum absolute atomic E-state index is 13.3. The zero-order valence-corrected chi connectivity index (χ0v) is 18.2. The van der Waals surface area contributed by atoms with E-state index < -0.39 is 6.16 Å². The molecule has 3 heterocycles. The van der Waals surface area contributed by atoms with Gasteiger partial charge in [0.25, 0.3) is 5.91 Å². The molecule has 3 aromatic rings. The van der Waals surface area contributed by atoms with Gasteiger partial charge in [-0.3, -0.25) is 4.79 Å². The van der Waals surface area contributed by atoms with Crippen LogP contribution in [0.5, 0.6) is 17.2 Å². The summed E-state index contributed by atoms with van der Waals surface area (Å²) in [5.74, 6) is 1.77. The van der Waals surface area contributed by atoms with Crippen LogP contribution in [-0.2, 0) is 15.9 Å². The number of fused-ring (bicyclic) bond motifs is 4. The largest absolute Gasteiger partial charge is 0.513 e. The summed E-state index contributed by atoms with van der Waals surface area (Å²) in [6.07, 6.45) is 1.23. The summed E-state index contributed by atoms with van der Waals surface area (Å²) in [4.78, 5) is 30.3. The van der Waals surface area contributed by atoms with Gasteiger partial charge in [-0.25, -0.2) is 4.79 Å². The molecule has 170 valence electrons. The SMILES string of the molecule is CCOC(=O)OC1=CN(C(=O)c2ccc3c(c2)OCO3)CCc2c1[nH]c1cc(OC)ccc21. The number of aromatic amines is 1.